The Morgan fingerprint density at radius 2 is 2.00 bits per heavy atom. The maximum Gasteiger partial charge on any atom is 0.356 e. The molecule has 1 saturated heterocycles. The van der Waals surface area contributed by atoms with Crippen LogP contribution < -0.4 is 5.73 Å². The maximum atomic E-state index is 12.0. The monoisotopic (exact) mass is 294 g/mol. The van der Waals surface area contributed by atoms with Crippen LogP contribution in [0.4, 0.5) is 0 Å². The third-order valence-corrected chi connectivity index (χ3v) is 3.66. The predicted molar refractivity (Wildman–Crippen MR) is 72.3 cm³/mol. The van der Waals surface area contributed by atoms with Crippen LogP contribution in [0.3, 0.4) is 0 Å². The van der Waals surface area contributed by atoms with E-state index in [-0.39, 0.29) is 29.8 Å². The summed E-state index contributed by atoms with van der Waals surface area (Å²) in [6.07, 6.45) is 3.00. The average molecular weight is 294 g/mol. The summed E-state index contributed by atoms with van der Waals surface area (Å²) in [4.78, 5) is 35.5. The largest absolute Gasteiger partial charge is 0.476 e. The quantitative estimate of drug-likeness (QED) is 0.772. The van der Waals surface area contributed by atoms with Crippen molar-refractivity contribution in [3.8, 4) is 0 Å². The van der Waals surface area contributed by atoms with Gasteiger partial charge in [-0.3, -0.25) is 14.3 Å². The molecule has 114 valence electrons. The van der Waals surface area contributed by atoms with Crippen LogP contribution in [-0.2, 0) is 16.1 Å². The van der Waals surface area contributed by atoms with Crippen LogP contribution in [0.15, 0.2) is 12.3 Å². The number of hydrogen-bond acceptors (Lipinski definition) is 4. The van der Waals surface area contributed by atoms with Gasteiger partial charge in [0.1, 0.15) is 0 Å². The number of carbonyl (C=O) groups excluding carboxylic acids is 2. The van der Waals surface area contributed by atoms with Crippen molar-refractivity contribution < 1.29 is 19.5 Å². The highest BCUT2D eigenvalue weighted by Gasteiger charge is 2.25. The number of nitrogens with zero attached hydrogens (tertiary/aromatic N) is 3. The molecule has 21 heavy (non-hydrogen) atoms. The minimum absolute atomic E-state index is 0.0229. The van der Waals surface area contributed by atoms with E-state index >= 15 is 0 Å². The molecule has 8 heteroatoms. The highest BCUT2D eigenvalue weighted by atomic mass is 16.4. The minimum Gasteiger partial charge on any atom is -0.476 e. The number of amides is 2. The molecule has 0 unspecified atom stereocenters. The lowest BCUT2D eigenvalue weighted by Crippen LogP contribution is -2.41. The summed E-state index contributed by atoms with van der Waals surface area (Å²) < 4.78 is 1.44. The molecule has 0 aliphatic carbocycles. The van der Waals surface area contributed by atoms with E-state index in [2.05, 4.69) is 5.10 Å². The second-order valence-electron chi connectivity index (χ2n) is 5.08. The van der Waals surface area contributed by atoms with E-state index in [4.69, 9.17) is 10.8 Å². The topological polar surface area (TPSA) is 119 Å². The Balaban J connectivity index is 1.79. The molecular weight excluding hydrogens is 276 g/mol. The maximum absolute atomic E-state index is 12.0. The summed E-state index contributed by atoms with van der Waals surface area (Å²) in [5.41, 5.74) is 5.21. The highest BCUT2D eigenvalue weighted by Crippen LogP contribution is 2.17. The van der Waals surface area contributed by atoms with Gasteiger partial charge in [-0.25, -0.2) is 4.79 Å². The van der Waals surface area contributed by atoms with Gasteiger partial charge in [0.2, 0.25) is 11.8 Å². The number of carbonyl (C=O) groups is 3. The number of rotatable bonds is 5. The first-order chi connectivity index (χ1) is 9.97. The summed E-state index contributed by atoms with van der Waals surface area (Å²) in [6, 6.07) is 1.39. The molecule has 2 amide bonds. The fourth-order valence-electron chi connectivity index (χ4n) is 2.38. The van der Waals surface area contributed by atoms with Crippen LogP contribution in [-0.4, -0.2) is 50.7 Å². The van der Waals surface area contributed by atoms with Crippen molar-refractivity contribution in [2.24, 2.45) is 11.7 Å². The number of primary amides is 1. The normalized spacial score (nSPS) is 15.9. The Bertz CT molecular complexity index is 546. The van der Waals surface area contributed by atoms with Crippen molar-refractivity contribution in [3.63, 3.8) is 0 Å². The number of aryl methyl sites for hydroxylation is 1. The molecule has 8 nitrogen and oxygen atoms in total. The second-order valence-corrected chi connectivity index (χ2v) is 5.08. The molecule has 1 aliphatic heterocycles. The van der Waals surface area contributed by atoms with Gasteiger partial charge in [0.25, 0.3) is 0 Å². The third kappa shape index (κ3) is 3.80. The Labute approximate surface area is 121 Å². The fourth-order valence-corrected chi connectivity index (χ4v) is 2.38. The van der Waals surface area contributed by atoms with Crippen LogP contribution in [0.2, 0.25) is 0 Å². The first kappa shape index (κ1) is 15.0. The lowest BCUT2D eigenvalue weighted by molar-refractivity contribution is -0.135. The van der Waals surface area contributed by atoms with Crippen LogP contribution in [0.1, 0.15) is 29.8 Å². The van der Waals surface area contributed by atoms with E-state index in [9.17, 15) is 14.4 Å². The first-order valence-electron chi connectivity index (χ1n) is 6.81. The summed E-state index contributed by atoms with van der Waals surface area (Å²) in [5, 5.41) is 12.6. The number of piperidine rings is 1. The second kappa shape index (κ2) is 6.38. The summed E-state index contributed by atoms with van der Waals surface area (Å²) in [5.74, 6) is -1.56. The SMILES string of the molecule is NC(=O)C1CCN(C(=O)CCn2ccc(C(=O)O)n2)CC1. The molecule has 0 spiro atoms. The molecule has 0 bridgehead atoms. The lowest BCUT2D eigenvalue weighted by Gasteiger charge is -2.30. The highest BCUT2D eigenvalue weighted by molar-refractivity contribution is 5.85. The van der Waals surface area contributed by atoms with E-state index in [1.54, 1.807) is 4.90 Å². The van der Waals surface area contributed by atoms with Crippen molar-refractivity contribution in [1.82, 2.24) is 14.7 Å². The molecule has 3 N–H and O–H groups in total. The molecule has 2 heterocycles. The first-order valence-corrected chi connectivity index (χ1v) is 6.81. The predicted octanol–water partition coefficient (Wildman–Crippen LogP) is -0.305. The van der Waals surface area contributed by atoms with Crippen molar-refractivity contribution in [2.75, 3.05) is 13.1 Å². The van der Waals surface area contributed by atoms with Crippen molar-refractivity contribution in [3.05, 3.63) is 18.0 Å². The van der Waals surface area contributed by atoms with E-state index in [0.717, 1.165) is 0 Å². The van der Waals surface area contributed by atoms with Gasteiger partial charge in [-0.15, -0.1) is 0 Å². The van der Waals surface area contributed by atoms with Gasteiger partial charge in [0.05, 0.1) is 0 Å². The summed E-state index contributed by atoms with van der Waals surface area (Å²) in [7, 11) is 0. The molecule has 0 atom stereocenters. The number of hydrogen-bond donors (Lipinski definition) is 2. The van der Waals surface area contributed by atoms with Gasteiger partial charge in [0, 0.05) is 38.2 Å². The van der Waals surface area contributed by atoms with Crippen LogP contribution in [0.25, 0.3) is 0 Å². The van der Waals surface area contributed by atoms with Crippen LogP contribution in [0, 0.1) is 5.92 Å². The van der Waals surface area contributed by atoms with E-state index in [0.29, 0.717) is 32.5 Å². The van der Waals surface area contributed by atoms with Crippen molar-refractivity contribution in [2.45, 2.75) is 25.8 Å². The molecule has 1 aromatic rings. The van der Waals surface area contributed by atoms with Crippen molar-refractivity contribution in [1.29, 1.82) is 0 Å². The Hall–Kier alpha value is -2.38. The minimum atomic E-state index is -1.09. The molecule has 1 aliphatic rings. The zero-order chi connectivity index (χ0) is 15.4. The van der Waals surface area contributed by atoms with Gasteiger partial charge in [0.15, 0.2) is 5.69 Å². The van der Waals surface area contributed by atoms with Crippen LogP contribution >= 0.6 is 0 Å². The number of carboxylic acids is 1. The van der Waals surface area contributed by atoms with Gasteiger partial charge in [-0.2, -0.15) is 5.10 Å². The zero-order valence-corrected chi connectivity index (χ0v) is 11.6. The van der Waals surface area contributed by atoms with Crippen molar-refractivity contribution >= 4 is 17.8 Å². The summed E-state index contributed by atoms with van der Waals surface area (Å²) >= 11 is 0. The van der Waals surface area contributed by atoms with Gasteiger partial charge in [-0.1, -0.05) is 0 Å². The van der Waals surface area contributed by atoms with Gasteiger partial charge < -0.3 is 15.7 Å². The van der Waals surface area contributed by atoms with Gasteiger partial charge >= 0.3 is 5.97 Å². The third-order valence-electron chi connectivity index (χ3n) is 3.66. The Morgan fingerprint density at radius 3 is 2.52 bits per heavy atom. The number of aromatic nitrogens is 2. The van der Waals surface area contributed by atoms with E-state index in [1.165, 1.54) is 16.9 Å². The molecule has 1 aromatic heterocycles. The summed E-state index contributed by atoms with van der Waals surface area (Å²) in [6.45, 7) is 1.40. The van der Waals surface area contributed by atoms with E-state index < -0.39 is 5.97 Å². The Kier molecular flexibility index (Phi) is 4.56. The standard InChI is InChI=1S/C13H18N4O4/c14-12(19)9-1-5-16(6-2-9)11(18)4-8-17-7-3-10(15-17)13(20)21/h3,7,9H,1-2,4-6,8H2,(H2,14,19)(H,20,21). The van der Waals surface area contributed by atoms with Gasteiger partial charge in [-0.05, 0) is 18.9 Å². The van der Waals surface area contributed by atoms with Crippen LogP contribution in [0.5, 0.6) is 0 Å². The molecule has 0 saturated carbocycles. The molecule has 0 radical (unpaired) electrons. The number of aromatic carboxylic acids is 1. The number of nitrogens with two attached hydrogens (primary N) is 1. The fraction of sp³-hybridized carbons (Fsp3) is 0.538. The van der Waals surface area contributed by atoms with E-state index in [1.807, 2.05) is 0 Å². The molecule has 1 fully saturated rings. The molecule has 2 rings (SSSR count). The number of carboxylic acid groups (broad SMARTS) is 1. The average Bonchev–Trinajstić information content (AvgIpc) is 2.94. The lowest BCUT2D eigenvalue weighted by atomic mass is 9.96. The zero-order valence-electron chi connectivity index (χ0n) is 11.6. The molecular formula is C13H18N4O4. The Morgan fingerprint density at radius 1 is 1.33 bits per heavy atom. The molecule has 0 aromatic carbocycles. The number of likely N-dealkylation sites (tertiary alicyclic amines) is 1. The smallest absolute Gasteiger partial charge is 0.356 e.